The van der Waals surface area contributed by atoms with E-state index in [1.54, 1.807) is 7.11 Å². The van der Waals surface area contributed by atoms with E-state index in [0.29, 0.717) is 0 Å². The maximum absolute atomic E-state index is 11.1. The Kier molecular flexibility index (Phi) is 2.42. The van der Waals surface area contributed by atoms with Crippen LogP contribution in [0, 0.1) is 11.3 Å². The van der Waals surface area contributed by atoms with Crippen molar-refractivity contribution in [1.29, 1.82) is 0 Å². The zero-order chi connectivity index (χ0) is 11.8. The minimum absolute atomic E-state index is 0.156. The number of hydrogen-bond acceptors (Lipinski definition) is 3. The van der Waals surface area contributed by atoms with E-state index < -0.39 is 11.4 Å². The van der Waals surface area contributed by atoms with Gasteiger partial charge in [0, 0.05) is 12.1 Å². The van der Waals surface area contributed by atoms with Crippen molar-refractivity contribution in [2.75, 3.05) is 7.11 Å². The first-order chi connectivity index (χ1) is 7.59. The van der Waals surface area contributed by atoms with Crippen molar-refractivity contribution in [1.82, 2.24) is 0 Å². The molecule has 0 aromatic rings. The van der Waals surface area contributed by atoms with Crippen molar-refractivity contribution in [2.45, 2.75) is 6.92 Å². The third-order valence-corrected chi connectivity index (χ3v) is 3.10. The normalized spacial score (nSPS) is 31.5. The Hall–Kier alpha value is -1.84. The fourth-order valence-electron chi connectivity index (χ4n) is 2.18. The van der Waals surface area contributed by atoms with Gasteiger partial charge in [-0.3, -0.25) is 4.99 Å². The van der Waals surface area contributed by atoms with Gasteiger partial charge in [-0.2, -0.15) is 0 Å². The van der Waals surface area contributed by atoms with Crippen LogP contribution in [-0.2, 0) is 9.53 Å². The molecule has 1 aliphatic carbocycles. The van der Waals surface area contributed by atoms with Crippen molar-refractivity contribution in [3.8, 4) is 0 Å². The molecule has 84 valence electrons. The van der Waals surface area contributed by atoms with Gasteiger partial charge in [0.1, 0.15) is 11.5 Å². The Labute approximate surface area is 93.6 Å². The van der Waals surface area contributed by atoms with Crippen molar-refractivity contribution in [2.24, 2.45) is 16.3 Å². The Bertz CT molecular complexity index is 445. The standard InChI is InChI=1S/C12H13NO3/c1-12-6-7-13-10(11(14)15)8(12)4-3-5-9(12)16-2/h3-8H,1-2H3,(H,14,15). The van der Waals surface area contributed by atoms with Crippen molar-refractivity contribution < 1.29 is 14.6 Å². The molecule has 2 unspecified atom stereocenters. The number of ether oxygens (including phenoxy) is 1. The Morgan fingerprint density at radius 2 is 2.38 bits per heavy atom. The topological polar surface area (TPSA) is 58.9 Å². The fraction of sp³-hybridized carbons (Fsp3) is 0.333. The highest BCUT2D eigenvalue weighted by Crippen LogP contribution is 2.43. The van der Waals surface area contributed by atoms with Gasteiger partial charge in [-0.15, -0.1) is 0 Å². The van der Waals surface area contributed by atoms with Gasteiger partial charge in [-0.25, -0.2) is 4.79 Å². The van der Waals surface area contributed by atoms with Crippen LogP contribution in [-0.4, -0.2) is 23.9 Å². The van der Waals surface area contributed by atoms with Gasteiger partial charge >= 0.3 is 5.97 Å². The fourth-order valence-corrected chi connectivity index (χ4v) is 2.18. The number of carboxylic acid groups (broad SMARTS) is 1. The van der Waals surface area contributed by atoms with Crippen LogP contribution in [0.15, 0.2) is 41.3 Å². The van der Waals surface area contributed by atoms with E-state index in [0.717, 1.165) is 5.76 Å². The second-order valence-electron chi connectivity index (χ2n) is 4.02. The monoisotopic (exact) mass is 219 g/mol. The second kappa shape index (κ2) is 3.63. The smallest absolute Gasteiger partial charge is 0.350 e. The van der Waals surface area contributed by atoms with Crippen LogP contribution in [0.2, 0.25) is 0 Å². The molecular weight excluding hydrogens is 206 g/mol. The van der Waals surface area contributed by atoms with Crippen LogP contribution in [0.3, 0.4) is 0 Å². The van der Waals surface area contributed by atoms with E-state index in [1.165, 1.54) is 6.20 Å². The van der Waals surface area contributed by atoms with Crippen LogP contribution in [0.5, 0.6) is 0 Å². The molecular formula is C12H13NO3. The van der Waals surface area contributed by atoms with Crippen LogP contribution >= 0.6 is 0 Å². The highest BCUT2D eigenvalue weighted by Gasteiger charge is 2.43. The van der Waals surface area contributed by atoms with Gasteiger partial charge in [-0.1, -0.05) is 18.2 Å². The van der Waals surface area contributed by atoms with Crippen LogP contribution in [0.4, 0.5) is 0 Å². The van der Waals surface area contributed by atoms with E-state index in [4.69, 9.17) is 9.84 Å². The molecule has 4 nitrogen and oxygen atoms in total. The van der Waals surface area contributed by atoms with Gasteiger partial charge in [-0.05, 0) is 13.0 Å². The van der Waals surface area contributed by atoms with Crippen LogP contribution in [0.1, 0.15) is 6.92 Å². The molecule has 2 atom stereocenters. The van der Waals surface area contributed by atoms with Gasteiger partial charge in [0.2, 0.25) is 0 Å². The molecule has 0 spiro atoms. The summed E-state index contributed by atoms with van der Waals surface area (Å²) in [6.07, 6.45) is 8.92. The maximum Gasteiger partial charge on any atom is 0.350 e. The molecule has 0 bridgehead atoms. The summed E-state index contributed by atoms with van der Waals surface area (Å²) in [5.74, 6) is -0.498. The zero-order valence-corrected chi connectivity index (χ0v) is 9.18. The van der Waals surface area contributed by atoms with E-state index in [-0.39, 0.29) is 11.6 Å². The molecule has 16 heavy (non-hydrogen) atoms. The largest absolute Gasteiger partial charge is 0.500 e. The summed E-state index contributed by atoms with van der Waals surface area (Å²) in [5.41, 5.74) is -0.289. The molecule has 4 heteroatoms. The summed E-state index contributed by atoms with van der Waals surface area (Å²) < 4.78 is 5.30. The molecule has 0 saturated heterocycles. The quantitative estimate of drug-likeness (QED) is 0.769. The lowest BCUT2D eigenvalue weighted by Gasteiger charge is -2.37. The van der Waals surface area contributed by atoms with Crippen LogP contribution < -0.4 is 0 Å². The first-order valence-corrected chi connectivity index (χ1v) is 5.01. The molecule has 1 N–H and O–H groups in total. The highest BCUT2D eigenvalue weighted by molar-refractivity contribution is 6.37. The molecule has 1 heterocycles. The number of methoxy groups -OCH3 is 1. The Balaban J connectivity index is 2.48. The summed E-state index contributed by atoms with van der Waals surface area (Å²) in [7, 11) is 1.59. The number of carboxylic acids is 1. The predicted molar refractivity (Wildman–Crippen MR) is 60.0 cm³/mol. The average Bonchev–Trinajstić information content (AvgIpc) is 2.26. The first-order valence-electron chi connectivity index (χ1n) is 5.01. The Morgan fingerprint density at radius 3 is 3.00 bits per heavy atom. The maximum atomic E-state index is 11.1. The molecule has 1 aliphatic heterocycles. The number of fused-ring (bicyclic) bond motifs is 1. The van der Waals surface area contributed by atoms with Gasteiger partial charge in [0.15, 0.2) is 0 Å². The van der Waals surface area contributed by atoms with E-state index in [1.807, 2.05) is 31.2 Å². The summed E-state index contributed by atoms with van der Waals surface area (Å²) >= 11 is 0. The SMILES string of the molecule is COC1=CC=CC2C(C(=O)O)=NC=CC12C. The molecule has 0 aromatic carbocycles. The minimum atomic E-state index is -0.984. The average molecular weight is 219 g/mol. The van der Waals surface area contributed by atoms with E-state index in [9.17, 15) is 4.79 Å². The molecule has 0 saturated carbocycles. The number of hydrogen-bond donors (Lipinski definition) is 1. The number of aliphatic carboxylic acids is 1. The lowest BCUT2D eigenvalue weighted by atomic mass is 9.69. The second-order valence-corrected chi connectivity index (χ2v) is 4.02. The summed E-state index contributed by atoms with van der Waals surface area (Å²) in [5, 5.41) is 9.09. The molecule has 0 amide bonds. The number of nitrogens with zero attached hydrogens (tertiary/aromatic N) is 1. The minimum Gasteiger partial charge on any atom is -0.500 e. The van der Waals surface area contributed by atoms with Crippen molar-refractivity contribution in [3.63, 3.8) is 0 Å². The number of carbonyl (C=O) groups is 1. The van der Waals surface area contributed by atoms with Crippen LogP contribution in [0.25, 0.3) is 0 Å². The summed E-state index contributed by atoms with van der Waals surface area (Å²) in [6.45, 7) is 1.95. The molecule has 0 fully saturated rings. The summed E-state index contributed by atoms with van der Waals surface area (Å²) in [4.78, 5) is 15.0. The lowest BCUT2D eigenvalue weighted by molar-refractivity contribution is -0.129. The zero-order valence-electron chi connectivity index (χ0n) is 9.18. The molecule has 2 rings (SSSR count). The Morgan fingerprint density at radius 1 is 1.62 bits per heavy atom. The van der Waals surface area contributed by atoms with Gasteiger partial charge in [0.25, 0.3) is 0 Å². The molecule has 0 aromatic heterocycles. The van der Waals surface area contributed by atoms with Gasteiger partial charge < -0.3 is 9.84 Å². The first kappa shape index (κ1) is 10.7. The molecule has 2 aliphatic rings. The molecule has 0 radical (unpaired) electrons. The lowest BCUT2D eigenvalue weighted by Crippen LogP contribution is -2.39. The third-order valence-electron chi connectivity index (χ3n) is 3.10. The van der Waals surface area contributed by atoms with Crippen molar-refractivity contribution in [3.05, 3.63) is 36.3 Å². The number of aliphatic imine (C=N–C) groups is 1. The number of allylic oxidation sites excluding steroid dienone is 4. The predicted octanol–water partition coefficient (Wildman–Crippen LogP) is 1.76. The van der Waals surface area contributed by atoms with Crippen molar-refractivity contribution >= 4 is 11.7 Å². The number of rotatable bonds is 2. The van der Waals surface area contributed by atoms with E-state index >= 15 is 0 Å². The van der Waals surface area contributed by atoms with E-state index in [2.05, 4.69) is 4.99 Å². The summed E-state index contributed by atoms with van der Waals surface area (Å²) in [6, 6.07) is 0. The third kappa shape index (κ3) is 1.38. The van der Waals surface area contributed by atoms with Gasteiger partial charge in [0.05, 0.1) is 12.5 Å². The highest BCUT2D eigenvalue weighted by atomic mass is 16.5.